The van der Waals surface area contributed by atoms with Crippen LogP contribution in [0.15, 0.2) is 24.5 Å². The topological polar surface area (TPSA) is 76.3 Å². The van der Waals surface area contributed by atoms with Gasteiger partial charge in [-0.1, -0.05) is 0 Å². The van der Waals surface area contributed by atoms with Crippen molar-refractivity contribution in [3.63, 3.8) is 0 Å². The standard InChI is InChI=1S/C11H17N3O2S/c12-5-9-17(15,16)14-8-1-2-11(14)10-3-6-13-7-4-10/h3-4,6-7,11H,1-2,5,8-9,12H2. The Hall–Kier alpha value is -0.980. The summed E-state index contributed by atoms with van der Waals surface area (Å²) in [7, 11) is -3.22. The van der Waals surface area contributed by atoms with Gasteiger partial charge in [0.25, 0.3) is 0 Å². The third-order valence-electron chi connectivity index (χ3n) is 3.03. The summed E-state index contributed by atoms with van der Waals surface area (Å²) < 4.78 is 25.7. The molecule has 5 nitrogen and oxygen atoms in total. The van der Waals surface area contributed by atoms with Gasteiger partial charge in [-0.2, -0.15) is 4.31 Å². The number of rotatable bonds is 4. The van der Waals surface area contributed by atoms with Crippen LogP contribution < -0.4 is 5.73 Å². The fraction of sp³-hybridized carbons (Fsp3) is 0.545. The van der Waals surface area contributed by atoms with Gasteiger partial charge >= 0.3 is 0 Å². The molecule has 0 radical (unpaired) electrons. The molecule has 1 aromatic heterocycles. The van der Waals surface area contributed by atoms with E-state index in [1.807, 2.05) is 12.1 Å². The van der Waals surface area contributed by atoms with Crippen LogP contribution in [0.2, 0.25) is 0 Å². The highest BCUT2D eigenvalue weighted by atomic mass is 32.2. The molecule has 1 aliphatic rings. The Kier molecular flexibility index (Phi) is 3.76. The molecule has 0 saturated carbocycles. The van der Waals surface area contributed by atoms with Crippen molar-refractivity contribution in [3.05, 3.63) is 30.1 Å². The number of pyridine rings is 1. The first-order valence-electron chi connectivity index (χ1n) is 5.74. The second kappa shape index (κ2) is 5.12. The van der Waals surface area contributed by atoms with Crippen LogP contribution >= 0.6 is 0 Å². The van der Waals surface area contributed by atoms with Gasteiger partial charge in [0.05, 0.1) is 5.75 Å². The molecule has 1 fully saturated rings. The molecule has 2 heterocycles. The van der Waals surface area contributed by atoms with Gasteiger partial charge in [-0.25, -0.2) is 8.42 Å². The van der Waals surface area contributed by atoms with Crippen LogP contribution in [0.1, 0.15) is 24.4 Å². The minimum atomic E-state index is -3.22. The Morgan fingerprint density at radius 2 is 2.12 bits per heavy atom. The molecule has 0 aromatic carbocycles. The minimum Gasteiger partial charge on any atom is -0.329 e. The van der Waals surface area contributed by atoms with E-state index in [4.69, 9.17) is 5.73 Å². The number of sulfonamides is 1. The summed E-state index contributed by atoms with van der Waals surface area (Å²) in [4.78, 5) is 3.95. The Labute approximate surface area is 102 Å². The smallest absolute Gasteiger partial charge is 0.215 e. The van der Waals surface area contributed by atoms with Crippen molar-refractivity contribution >= 4 is 10.0 Å². The Morgan fingerprint density at radius 1 is 1.41 bits per heavy atom. The van der Waals surface area contributed by atoms with Gasteiger partial charge in [-0.15, -0.1) is 0 Å². The Bertz CT molecular complexity index is 461. The fourth-order valence-electron chi connectivity index (χ4n) is 2.26. The molecule has 94 valence electrons. The summed E-state index contributed by atoms with van der Waals surface area (Å²) in [5.41, 5.74) is 6.36. The van der Waals surface area contributed by atoms with Gasteiger partial charge in [0.2, 0.25) is 10.0 Å². The highest BCUT2D eigenvalue weighted by Crippen LogP contribution is 2.33. The predicted octanol–water partition coefficient (Wildman–Crippen LogP) is 0.507. The Morgan fingerprint density at radius 3 is 2.76 bits per heavy atom. The van der Waals surface area contributed by atoms with E-state index >= 15 is 0 Å². The number of nitrogens with two attached hydrogens (primary N) is 1. The number of nitrogens with zero attached hydrogens (tertiary/aromatic N) is 2. The molecule has 1 atom stereocenters. The molecule has 0 aliphatic carbocycles. The lowest BCUT2D eigenvalue weighted by molar-refractivity contribution is 0.397. The van der Waals surface area contributed by atoms with Crippen molar-refractivity contribution < 1.29 is 8.42 Å². The summed E-state index contributed by atoms with van der Waals surface area (Å²) >= 11 is 0. The van der Waals surface area contributed by atoms with Crippen molar-refractivity contribution in [3.8, 4) is 0 Å². The summed E-state index contributed by atoms with van der Waals surface area (Å²) in [5, 5.41) is 0. The van der Waals surface area contributed by atoms with Gasteiger partial charge in [-0.3, -0.25) is 4.98 Å². The number of hydrogen-bond acceptors (Lipinski definition) is 4. The zero-order chi connectivity index (χ0) is 12.3. The van der Waals surface area contributed by atoms with Crippen molar-refractivity contribution in [1.29, 1.82) is 0 Å². The first-order chi connectivity index (χ1) is 8.15. The maximum absolute atomic E-state index is 12.0. The van der Waals surface area contributed by atoms with Crippen LogP contribution in [0.5, 0.6) is 0 Å². The lowest BCUT2D eigenvalue weighted by Gasteiger charge is -2.24. The van der Waals surface area contributed by atoms with Gasteiger partial charge < -0.3 is 5.73 Å². The number of aromatic nitrogens is 1. The molecule has 1 aliphatic heterocycles. The monoisotopic (exact) mass is 255 g/mol. The van der Waals surface area contributed by atoms with Crippen LogP contribution in [0.25, 0.3) is 0 Å². The lowest BCUT2D eigenvalue weighted by atomic mass is 10.1. The van der Waals surface area contributed by atoms with Gasteiger partial charge in [0.15, 0.2) is 0 Å². The van der Waals surface area contributed by atoms with E-state index in [1.54, 1.807) is 16.7 Å². The first kappa shape index (κ1) is 12.5. The second-order valence-corrected chi connectivity index (χ2v) is 6.20. The van der Waals surface area contributed by atoms with Crippen LogP contribution in [0.4, 0.5) is 0 Å². The van der Waals surface area contributed by atoms with Gasteiger partial charge in [-0.05, 0) is 30.5 Å². The van der Waals surface area contributed by atoms with E-state index in [1.165, 1.54) is 0 Å². The molecule has 6 heteroatoms. The van der Waals surface area contributed by atoms with Crippen molar-refractivity contribution in [2.75, 3.05) is 18.8 Å². The van der Waals surface area contributed by atoms with Gasteiger partial charge in [0.1, 0.15) is 0 Å². The van der Waals surface area contributed by atoms with Gasteiger partial charge in [0, 0.05) is 31.5 Å². The minimum absolute atomic E-state index is 0.0224. The van der Waals surface area contributed by atoms with E-state index in [0.29, 0.717) is 6.54 Å². The van der Waals surface area contributed by atoms with Crippen molar-refractivity contribution in [2.45, 2.75) is 18.9 Å². The highest BCUT2D eigenvalue weighted by Gasteiger charge is 2.34. The third-order valence-corrected chi connectivity index (χ3v) is 4.93. The molecule has 17 heavy (non-hydrogen) atoms. The summed E-state index contributed by atoms with van der Waals surface area (Å²) in [6.45, 7) is 0.761. The molecule has 0 bridgehead atoms. The zero-order valence-corrected chi connectivity index (χ0v) is 10.4. The summed E-state index contributed by atoms with van der Waals surface area (Å²) in [6, 6.07) is 3.71. The van der Waals surface area contributed by atoms with Crippen LogP contribution in [-0.2, 0) is 10.0 Å². The van der Waals surface area contributed by atoms with E-state index in [2.05, 4.69) is 4.98 Å². The molecular weight excluding hydrogens is 238 g/mol. The molecular formula is C11H17N3O2S. The summed E-state index contributed by atoms with van der Waals surface area (Å²) in [5.74, 6) is 0.0224. The summed E-state index contributed by atoms with van der Waals surface area (Å²) in [6.07, 6.45) is 5.16. The van der Waals surface area contributed by atoms with E-state index in [0.717, 1.165) is 18.4 Å². The molecule has 1 saturated heterocycles. The molecule has 1 aromatic rings. The maximum atomic E-state index is 12.0. The average Bonchev–Trinajstić information content (AvgIpc) is 2.79. The Balaban J connectivity index is 2.24. The third kappa shape index (κ3) is 2.65. The molecule has 1 unspecified atom stereocenters. The van der Waals surface area contributed by atoms with Crippen LogP contribution in [0, 0.1) is 0 Å². The lowest BCUT2D eigenvalue weighted by Crippen LogP contribution is -2.34. The SMILES string of the molecule is NCCS(=O)(=O)N1CCCC1c1ccncc1. The maximum Gasteiger partial charge on any atom is 0.215 e. The number of hydrogen-bond donors (Lipinski definition) is 1. The zero-order valence-electron chi connectivity index (χ0n) is 9.62. The van der Waals surface area contributed by atoms with Crippen molar-refractivity contribution in [2.24, 2.45) is 5.73 Å². The normalized spacial score (nSPS) is 21.8. The van der Waals surface area contributed by atoms with E-state index < -0.39 is 10.0 Å². The molecule has 0 spiro atoms. The van der Waals surface area contributed by atoms with E-state index in [-0.39, 0.29) is 18.3 Å². The molecule has 2 N–H and O–H groups in total. The van der Waals surface area contributed by atoms with Crippen LogP contribution in [0.3, 0.4) is 0 Å². The quantitative estimate of drug-likeness (QED) is 0.850. The largest absolute Gasteiger partial charge is 0.329 e. The highest BCUT2D eigenvalue weighted by molar-refractivity contribution is 7.89. The van der Waals surface area contributed by atoms with Crippen molar-refractivity contribution in [1.82, 2.24) is 9.29 Å². The first-order valence-corrected chi connectivity index (χ1v) is 7.35. The van der Waals surface area contributed by atoms with Crippen LogP contribution in [-0.4, -0.2) is 36.5 Å². The van der Waals surface area contributed by atoms with E-state index in [9.17, 15) is 8.42 Å². The molecule has 2 rings (SSSR count). The fourth-order valence-corrected chi connectivity index (χ4v) is 3.81. The predicted molar refractivity (Wildman–Crippen MR) is 65.8 cm³/mol. The molecule has 0 amide bonds. The second-order valence-electron chi connectivity index (χ2n) is 4.15. The average molecular weight is 255 g/mol.